The van der Waals surface area contributed by atoms with Crippen molar-refractivity contribution in [1.29, 1.82) is 0 Å². The van der Waals surface area contributed by atoms with Gasteiger partial charge in [-0.25, -0.2) is 0 Å². The molecule has 112 valence electrons. The molecular weight excluding hydrogens is 252 g/mol. The fourth-order valence-electron chi connectivity index (χ4n) is 2.49. The van der Waals surface area contributed by atoms with E-state index in [-0.39, 0.29) is 0 Å². The van der Waals surface area contributed by atoms with E-state index in [1.54, 1.807) is 6.07 Å². The van der Waals surface area contributed by atoms with Crippen LogP contribution in [0.3, 0.4) is 0 Å². The first kappa shape index (κ1) is 15.1. The Hall–Kier alpha value is -1.26. The third kappa shape index (κ3) is 4.12. The normalized spacial score (nSPS) is 17.3. The smallest absolute Gasteiger partial charge is 0.123 e. The topological polar surface area (TPSA) is 35.9 Å². The van der Waals surface area contributed by atoms with Gasteiger partial charge in [0.15, 0.2) is 0 Å². The Morgan fingerprint density at radius 2 is 1.80 bits per heavy atom. The number of phenols is 1. The zero-order valence-electron chi connectivity index (χ0n) is 12.6. The van der Waals surface area contributed by atoms with Crippen molar-refractivity contribution in [1.82, 2.24) is 9.80 Å². The molecule has 1 saturated heterocycles. The highest BCUT2D eigenvalue weighted by atomic mass is 16.5. The Morgan fingerprint density at radius 3 is 2.40 bits per heavy atom. The minimum absolute atomic E-state index is 0.344. The molecule has 0 aromatic heterocycles. The maximum absolute atomic E-state index is 10.1. The molecule has 1 heterocycles. The van der Waals surface area contributed by atoms with Crippen molar-refractivity contribution in [2.45, 2.75) is 26.8 Å². The summed E-state index contributed by atoms with van der Waals surface area (Å²) in [7, 11) is 0. The minimum atomic E-state index is 0.344. The van der Waals surface area contributed by atoms with Crippen molar-refractivity contribution in [3.8, 4) is 11.5 Å². The van der Waals surface area contributed by atoms with E-state index in [0.717, 1.165) is 57.0 Å². The van der Waals surface area contributed by atoms with Gasteiger partial charge in [-0.2, -0.15) is 0 Å². The summed E-state index contributed by atoms with van der Waals surface area (Å²) in [6.07, 6.45) is 0.976. The second kappa shape index (κ2) is 7.50. The van der Waals surface area contributed by atoms with E-state index in [4.69, 9.17) is 4.74 Å². The van der Waals surface area contributed by atoms with Gasteiger partial charge in [-0.1, -0.05) is 19.9 Å². The van der Waals surface area contributed by atoms with Crippen LogP contribution in [0.5, 0.6) is 11.5 Å². The van der Waals surface area contributed by atoms with E-state index < -0.39 is 0 Å². The lowest BCUT2D eigenvalue weighted by Crippen LogP contribution is -2.45. The summed E-state index contributed by atoms with van der Waals surface area (Å²) in [4.78, 5) is 4.85. The average molecular weight is 278 g/mol. The molecule has 1 aromatic rings. The molecule has 20 heavy (non-hydrogen) atoms. The molecule has 2 rings (SSSR count). The number of piperazine rings is 1. The zero-order valence-corrected chi connectivity index (χ0v) is 12.6. The van der Waals surface area contributed by atoms with Crippen molar-refractivity contribution in [2.24, 2.45) is 0 Å². The second-order valence-electron chi connectivity index (χ2n) is 5.35. The molecule has 1 aliphatic rings. The Kier molecular flexibility index (Phi) is 5.68. The number of nitrogens with zero attached hydrogens (tertiary/aromatic N) is 2. The molecule has 0 atom stereocenters. The molecule has 1 aliphatic heterocycles. The third-order valence-corrected chi connectivity index (χ3v) is 3.84. The largest absolute Gasteiger partial charge is 0.507 e. The van der Waals surface area contributed by atoms with Gasteiger partial charge in [0.1, 0.15) is 11.5 Å². The second-order valence-corrected chi connectivity index (χ2v) is 5.35. The van der Waals surface area contributed by atoms with E-state index >= 15 is 0 Å². The average Bonchev–Trinajstić information content (AvgIpc) is 2.48. The lowest BCUT2D eigenvalue weighted by molar-refractivity contribution is 0.131. The molecule has 0 unspecified atom stereocenters. The first-order chi connectivity index (χ1) is 9.72. The highest BCUT2D eigenvalue weighted by Crippen LogP contribution is 2.25. The number of likely N-dealkylation sites (N-methyl/N-ethyl adjacent to an activating group) is 1. The molecule has 1 fully saturated rings. The van der Waals surface area contributed by atoms with Gasteiger partial charge >= 0.3 is 0 Å². The molecule has 0 radical (unpaired) electrons. The fraction of sp³-hybridized carbons (Fsp3) is 0.625. The van der Waals surface area contributed by atoms with Crippen LogP contribution in [0.15, 0.2) is 18.2 Å². The monoisotopic (exact) mass is 278 g/mol. The molecule has 1 N–H and O–H groups in total. The van der Waals surface area contributed by atoms with E-state index in [2.05, 4.69) is 23.6 Å². The van der Waals surface area contributed by atoms with Gasteiger partial charge in [0, 0.05) is 44.4 Å². The van der Waals surface area contributed by atoms with Gasteiger partial charge in [-0.3, -0.25) is 4.90 Å². The van der Waals surface area contributed by atoms with Crippen molar-refractivity contribution in [2.75, 3.05) is 39.3 Å². The van der Waals surface area contributed by atoms with Crippen LogP contribution in [0.1, 0.15) is 25.8 Å². The first-order valence-electron chi connectivity index (χ1n) is 7.62. The lowest BCUT2D eigenvalue weighted by atomic mass is 10.1. The molecule has 0 spiro atoms. The number of hydrogen-bond acceptors (Lipinski definition) is 4. The summed E-state index contributed by atoms with van der Waals surface area (Å²) in [5.41, 5.74) is 0.985. The molecule has 0 saturated carbocycles. The van der Waals surface area contributed by atoms with Gasteiger partial charge in [0.25, 0.3) is 0 Å². The van der Waals surface area contributed by atoms with E-state index in [9.17, 15) is 5.11 Å². The molecule has 0 aliphatic carbocycles. The van der Waals surface area contributed by atoms with Gasteiger partial charge in [-0.15, -0.1) is 0 Å². The van der Waals surface area contributed by atoms with Crippen LogP contribution >= 0.6 is 0 Å². The van der Waals surface area contributed by atoms with Crippen LogP contribution in [0, 0.1) is 0 Å². The van der Waals surface area contributed by atoms with Crippen molar-refractivity contribution in [3.63, 3.8) is 0 Å². The van der Waals surface area contributed by atoms with Crippen LogP contribution in [-0.2, 0) is 6.54 Å². The van der Waals surface area contributed by atoms with Gasteiger partial charge < -0.3 is 14.7 Å². The maximum Gasteiger partial charge on any atom is 0.123 e. The molecule has 4 heteroatoms. The Labute approximate surface area is 122 Å². The summed E-state index contributed by atoms with van der Waals surface area (Å²) < 4.78 is 5.53. The van der Waals surface area contributed by atoms with Gasteiger partial charge in [-0.05, 0) is 19.0 Å². The predicted octanol–water partition coefficient (Wildman–Crippen LogP) is 2.32. The predicted molar refractivity (Wildman–Crippen MR) is 81.3 cm³/mol. The molecular formula is C16H26N2O2. The molecule has 0 amide bonds. The molecule has 1 aromatic carbocycles. The van der Waals surface area contributed by atoms with Crippen LogP contribution in [0.2, 0.25) is 0 Å². The zero-order chi connectivity index (χ0) is 14.4. The van der Waals surface area contributed by atoms with E-state index in [0.29, 0.717) is 12.4 Å². The standard InChI is InChI=1S/C16H26N2O2/c1-3-11-20-15-6-5-14(16(19)12-15)13-18-9-7-17(4-2)8-10-18/h5-6,12,19H,3-4,7-11,13H2,1-2H3. The molecule has 0 bridgehead atoms. The number of ether oxygens (including phenoxy) is 1. The number of hydrogen-bond donors (Lipinski definition) is 1. The Balaban J connectivity index is 1.90. The van der Waals surface area contributed by atoms with Gasteiger partial charge in [0.2, 0.25) is 0 Å². The van der Waals surface area contributed by atoms with Crippen LogP contribution in [-0.4, -0.2) is 54.2 Å². The number of phenolic OH excluding ortho intramolecular Hbond substituents is 1. The van der Waals surface area contributed by atoms with Crippen LogP contribution < -0.4 is 4.74 Å². The molecule has 4 nitrogen and oxygen atoms in total. The summed E-state index contributed by atoms with van der Waals surface area (Å²) >= 11 is 0. The van der Waals surface area contributed by atoms with Crippen molar-refractivity contribution < 1.29 is 9.84 Å². The number of aromatic hydroxyl groups is 1. The van der Waals surface area contributed by atoms with E-state index in [1.807, 2.05) is 12.1 Å². The Morgan fingerprint density at radius 1 is 1.10 bits per heavy atom. The van der Waals surface area contributed by atoms with E-state index in [1.165, 1.54) is 0 Å². The summed E-state index contributed by atoms with van der Waals surface area (Å²) in [5.74, 6) is 1.10. The Bertz CT molecular complexity index is 415. The maximum atomic E-state index is 10.1. The highest BCUT2D eigenvalue weighted by Gasteiger charge is 2.16. The summed E-state index contributed by atoms with van der Waals surface area (Å²) in [6, 6.07) is 5.66. The number of rotatable bonds is 6. The first-order valence-corrected chi connectivity index (χ1v) is 7.62. The summed E-state index contributed by atoms with van der Waals surface area (Å²) in [5, 5.41) is 10.1. The van der Waals surface area contributed by atoms with Gasteiger partial charge in [0.05, 0.1) is 6.61 Å². The summed E-state index contributed by atoms with van der Waals surface area (Å²) in [6.45, 7) is 11.3. The van der Waals surface area contributed by atoms with Crippen LogP contribution in [0.25, 0.3) is 0 Å². The number of benzene rings is 1. The van der Waals surface area contributed by atoms with Crippen LogP contribution in [0.4, 0.5) is 0 Å². The highest BCUT2D eigenvalue weighted by molar-refractivity contribution is 5.39. The quantitative estimate of drug-likeness (QED) is 0.866. The van der Waals surface area contributed by atoms with Crippen molar-refractivity contribution in [3.05, 3.63) is 23.8 Å². The lowest BCUT2D eigenvalue weighted by Gasteiger charge is -2.34. The van der Waals surface area contributed by atoms with Crippen molar-refractivity contribution >= 4 is 0 Å². The minimum Gasteiger partial charge on any atom is -0.507 e. The fourth-order valence-corrected chi connectivity index (χ4v) is 2.49. The SMILES string of the molecule is CCCOc1ccc(CN2CCN(CC)CC2)c(O)c1. The third-order valence-electron chi connectivity index (χ3n) is 3.84.